The number of hydrogen-bond donors (Lipinski definition) is 0. The first-order valence-corrected chi connectivity index (χ1v) is 40.9. The van der Waals surface area contributed by atoms with E-state index in [0.717, 1.165) is 12.8 Å². The average molecular weight is 792 g/mol. The van der Waals surface area contributed by atoms with Crippen LogP contribution >= 0.6 is 0 Å². The van der Waals surface area contributed by atoms with Crippen molar-refractivity contribution in [2.45, 2.75) is 91.3 Å². The van der Waals surface area contributed by atoms with E-state index in [4.69, 9.17) is 0 Å². The van der Waals surface area contributed by atoms with E-state index < -0.39 is 14.2 Å². The molecule has 0 spiro atoms. The van der Waals surface area contributed by atoms with Crippen LogP contribution in [0.5, 0.6) is 0 Å². The van der Waals surface area contributed by atoms with E-state index in [-0.39, 0.29) is 6.34 Å². The summed E-state index contributed by atoms with van der Waals surface area (Å²) in [6.07, 6.45) is 12.5. The van der Waals surface area contributed by atoms with Gasteiger partial charge in [0.1, 0.15) is 0 Å². The van der Waals surface area contributed by atoms with Gasteiger partial charge in [-0.05, 0) is 0 Å². The molecule has 0 aliphatic heterocycles. The summed E-state index contributed by atoms with van der Waals surface area (Å²) in [5, 5.41) is 0. The number of allylic oxidation sites excluding steroid dienone is 2. The SMILES string of the molecule is CCc1ccccc1-c1cccc2c1C=C[CH]2[Hf]([CH3])([CH3])(=[SiH2])([CH]1C=Cc2c(-c3ccccc3CC)cccc21)([C](C)(C)C)[C](C)(C)C. The summed E-state index contributed by atoms with van der Waals surface area (Å²) in [4.78, 5) is 0. The Labute approximate surface area is 275 Å². The van der Waals surface area contributed by atoms with Gasteiger partial charge in [0.15, 0.2) is 0 Å². The molecule has 6 rings (SSSR count). The molecule has 0 amide bonds. The Morgan fingerprint density at radius 1 is 0.522 bits per heavy atom. The van der Waals surface area contributed by atoms with E-state index in [1.807, 2.05) is 0 Å². The Bertz CT molecular complexity index is 1930. The minimum absolute atomic E-state index is 0.0303. The third-order valence-electron chi connectivity index (χ3n) is 16.4. The van der Waals surface area contributed by atoms with Gasteiger partial charge in [-0.3, -0.25) is 0 Å². The van der Waals surface area contributed by atoms with E-state index in [1.54, 1.807) is 0 Å². The predicted molar refractivity (Wildman–Crippen MR) is 206 cm³/mol. The first kappa shape index (κ1) is 33.4. The van der Waals surface area contributed by atoms with Crippen LogP contribution in [0.3, 0.4) is 0 Å². The molecule has 0 saturated carbocycles. The van der Waals surface area contributed by atoms with Crippen molar-refractivity contribution in [1.29, 1.82) is 0 Å². The zero-order valence-electron chi connectivity index (χ0n) is 30.2. The molecule has 4 aromatic carbocycles. The molecule has 0 fully saturated rings. The molecular weight excluding hydrogens is 735 g/mol. The predicted octanol–water partition coefficient (Wildman–Crippen LogP) is 12.8. The van der Waals surface area contributed by atoms with Crippen LogP contribution in [-0.2, 0) is 27.0 Å². The molecule has 2 atom stereocenters. The molecule has 0 radical (unpaired) electrons. The van der Waals surface area contributed by atoms with E-state index in [1.165, 1.54) is 55.6 Å². The summed E-state index contributed by atoms with van der Waals surface area (Å²) in [7, 11) is 0. The molecule has 2 aliphatic rings. The van der Waals surface area contributed by atoms with Gasteiger partial charge in [-0.2, -0.15) is 0 Å². The topological polar surface area (TPSA) is 0 Å². The molecule has 4 aromatic rings. The molecule has 240 valence electrons. The monoisotopic (exact) mass is 792 g/mol. The van der Waals surface area contributed by atoms with Crippen LogP contribution < -0.4 is 0 Å². The van der Waals surface area contributed by atoms with Crippen LogP contribution in [0.25, 0.3) is 34.4 Å². The van der Waals surface area contributed by atoms with Gasteiger partial charge in [0, 0.05) is 0 Å². The van der Waals surface area contributed by atoms with E-state index in [2.05, 4.69) is 181 Å². The van der Waals surface area contributed by atoms with Crippen molar-refractivity contribution >= 4 is 19.1 Å². The molecule has 2 heteroatoms. The van der Waals surface area contributed by atoms with Gasteiger partial charge in [-0.25, -0.2) is 0 Å². The fourth-order valence-electron chi connectivity index (χ4n) is 10.7. The van der Waals surface area contributed by atoms with Crippen LogP contribution in [0.4, 0.5) is 0 Å². The Kier molecular flexibility index (Phi) is 7.07. The van der Waals surface area contributed by atoms with Crippen molar-refractivity contribution in [2.75, 3.05) is 0 Å². The molecule has 46 heavy (non-hydrogen) atoms. The van der Waals surface area contributed by atoms with Crippen molar-refractivity contribution < 1.29 is 14.2 Å². The standard InChI is InChI=1S/2C17H15.2C4H9.2CH3.Hf.H2Si/c2*1-2-13-7-3-4-10-15(13)17-12-6-9-14-8-5-11-16(14)17;2*1-4(2)3;;;;/h2*3-12H,2H2,1H3;2*1-3H3;2*1H3;;1H2. The Morgan fingerprint density at radius 2 is 0.870 bits per heavy atom. The molecule has 2 unspecified atom stereocenters. The molecule has 0 nitrogen and oxygen atoms in total. The van der Waals surface area contributed by atoms with Crippen molar-refractivity contribution in [3.63, 3.8) is 0 Å². The van der Waals surface area contributed by atoms with Crippen LogP contribution in [0.2, 0.25) is 15.7 Å². The van der Waals surface area contributed by atoms with Gasteiger partial charge < -0.3 is 0 Å². The second-order valence-electron chi connectivity index (χ2n) is 18.8. The molecule has 0 heterocycles. The summed E-state index contributed by atoms with van der Waals surface area (Å²) < 4.78 is 6.52. The van der Waals surface area contributed by atoms with Crippen LogP contribution in [0, 0.1) is 0 Å². The van der Waals surface area contributed by atoms with Crippen molar-refractivity contribution in [2.24, 2.45) is 0 Å². The van der Waals surface area contributed by atoms with Crippen molar-refractivity contribution in [1.82, 2.24) is 0 Å². The van der Waals surface area contributed by atoms with Gasteiger partial charge in [0.05, 0.1) is 0 Å². The van der Waals surface area contributed by atoms with Gasteiger partial charge in [-0.1, -0.05) is 0 Å². The van der Waals surface area contributed by atoms with Gasteiger partial charge in [0.25, 0.3) is 0 Å². The number of benzene rings is 4. The van der Waals surface area contributed by atoms with Crippen LogP contribution in [-0.4, -0.2) is 6.94 Å². The third kappa shape index (κ3) is 3.59. The molecule has 0 bridgehead atoms. The maximum atomic E-state index is 2.90. The van der Waals surface area contributed by atoms with Crippen LogP contribution in [0.1, 0.15) is 96.1 Å². The van der Waals surface area contributed by atoms with Crippen molar-refractivity contribution in [3.8, 4) is 22.3 Å². The van der Waals surface area contributed by atoms with Gasteiger partial charge >= 0.3 is 277 Å². The first-order valence-electron chi connectivity index (χ1n) is 17.7. The number of fused-ring (bicyclic) bond motifs is 2. The van der Waals surface area contributed by atoms with E-state index >= 15 is 0 Å². The number of aryl methyl sites for hydroxylation is 2. The van der Waals surface area contributed by atoms with E-state index in [0.29, 0.717) is 7.35 Å². The summed E-state index contributed by atoms with van der Waals surface area (Å²) in [6.45, 7) is 22.8. The fraction of sp³-hybridized carbons (Fsp3) is 0.364. The third-order valence-corrected chi connectivity index (χ3v) is 111. The summed E-state index contributed by atoms with van der Waals surface area (Å²) in [6, 6.07) is 32.4. The maximum absolute atomic E-state index is 5.56. The van der Waals surface area contributed by atoms with Gasteiger partial charge in [-0.15, -0.1) is 0 Å². The Balaban J connectivity index is 1.71. The zero-order valence-corrected chi connectivity index (χ0v) is 35.2. The summed E-state index contributed by atoms with van der Waals surface area (Å²) in [5.41, 5.74) is 14.3. The Hall–Kier alpha value is -2.55. The molecule has 0 N–H and O–H groups in total. The molecular formula is C44H56HfSi. The quantitative estimate of drug-likeness (QED) is 0.171. The second kappa shape index (κ2) is 9.76. The number of hydrogen-bond acceptors (Lipinski definition) is 0. The van der Waals surface area contributed by atoms with Crippen molar-refractivity contribution in [3.05, 3.63) is 130 Å². The number of rotatable bonds is 6. The average Bonchev–Trinajstić information content (AvgIpc) is 3.67. The summed E-state index contributed by atoms with van der Waals surface area (Å²) >= 11 is -5.56. The molecule has 0 aromatic heterocycles. The normalized spacial score (nSPS) is 20.0. The van der Waals surface area contributed by atoms with E-state index in [9.17, 15) is 0 Å². The van der Waals surface area contributed by atoms with Gasteiger partial charge in [0.2, 0.25) is 0 Å². The minimum atomic E-state index is -5.56. The molecule has 0 saturated heterocycles. The Morgan fingerprint density at radius 3 is 1.22 bits per heavy atom. The summed E-state index contributed by atoms with van der Waals surface area (Å²) in [5.74, 6) is 0. The molecule has 2 aliphatic carbocycles. The fourth-order valence-corrected chi connectivity index (χ4v) is 57.4. The van der Waals surface area contributed by atoms with Crippen LogP contribution in [0.15, 0.2) is 97.1 Å². The second-order valence-corrected chi connectivity index (χ2v) is 94.0. The first-order chi connectivity index (χ1) is 21.4. The zero-order chi connectivity index (χ0) is 33.4.